The molecule has 0 spiro atoms. The molecule has 1 amide bonds. The molecule has 0 aliphatic heterocycles. The number of nitrogens with one attached hydrogen (secondary N) is 2. The summed E-state index contributed by atoms with van der Waals surface area (Å²) >= 11 is 9.20. The third kappa shape index (κ3) is 4.21. The number of hydrazone groups is 1. The minimum atomic E-state index is -0.351. The molecule has 3 rings (SSSR count). The van der Waals surface area contributed by atoms with E-state index in [9.17, 15) is 4.79 Å². The number of fused-ring (bicyclic) bond motifs is 1. The monoisotopic (exact) mass is 419 g/mol. The summed E-state index contributed by atoms with van der Waals surface area (Å²) in [6.07, 6.45) is 1.63. The van der Waals surface area contributed by atoms with Gasteiger partial charge in [0.2, 0.25) is 0 Å². The van der Waals surface area contributed by atoms with E-state index in [1.807, 2.05) is 31.2 Å². The number of carbonyl (C=O) groups excluding carboxylic acids is 1. The van der Waals surface area contributed by atoms with Gasteiger partial charge in [-0.1, -0.05) is 29.8 Å². The Balaban J connectivity index is 1.60. The van der Waals surface area contributed by atoms with Crippen molar-refractivity contribution in [3.8, 4) is 5.75 Å². The number of hydrogen-bond acceptors (Lipinski definition) is 3. The summed E-state index contributed by atoms with van der Waals surface area (Å²) in [5, 5.41) is 5.66. The Morgan fingerprint density at radius 1 is 1.36 bits per heavy atom. The highest BCUT2D eigenvalue weighted by molar-refractivity contribution is 9.10. The second kappa shape index (κ2) is 7.72. The lowest BCUT2D eigenvalue weighted by Crippen LogP contribution is -2.24. The van der Waals surface area contributed by atoms with Gasteiger partial charge < -0.3 is 9.72 Å². The Morgan fingerprint density at radius 2 is 2.16 bits per heavy atom. The number of aromatic amines is 1. The predicted molar refractivity (Wildman–Crippen MR) is 103 cm³/mol. The molecule has 25 heavy (non-hydrogen) atoms. The van der Waals surface area contributed by atoms with Crippen molar-refractivity contribution in [2.45, 2.75) is 6.92 Å². The molecule has 0 aliphatic rings. The molecule has 0 fully saturated rings. The highest BCUT2D eigenvalue weighted by atomic mass is 79.9. The van der Waals surface area contributed by atoms with Crippen LogP contribution in [0, 0.1) is 6.92 Å². The van der Waals surface area contributed by atoms with E-state index in [0.29, 0.717) is 15.2 Å². The van der Waals surface area contributed by atoms with Gasteiger partial charge in [-0.05, 0) is 47.1 Å². The maximum Gasteiger partial charge on any atom is 0.277 e. The van der Waals surface area contributed by atoms with Crippen molar-refractivity contribution >= 4 is 50.6 Å². The number of carbonyl (C=O) groups is 1. The summed E-state index contributed by atoms with van der Waals surface area (Å²) in [5.74, 6) is 0.187. The number of rotatable bonds is 5. The standard InChI is InChI=1S/C18H15BrClN3O2/c1-11-14(13-4-2-3-5-16(13)22-11)9-21-23-18(24)10-25-17-7-6-12(20)8-15(17)19/h2-9,22H,10H2,1H3,(H,23,24)/b21-9-. The van der Waals surface area contributed by atoms with Crippen molar-refractivity contribution in [1.82, 2.24) is 10.4 Å². The van der Waals surface area contributed by atoms with Crippen molar-refractivity contribution in [2.24, 2.45) is 5.10 Å². The molecule has 7 heteroatoms. The maximum atomic E-state index is 11.9. The molecule has 0 aliphatic carbocycles. The van der Waals surface area contributed by atoms with E-state index in [1.165, 1.54) is 0 Å². The molecule has 0 radical (unpaired) electrons. The number of H-pyrrole nitrogens is 1. The summed E-state index contributed by atoms with van der Waals surface area (Å²) in [6.45, 7) is 1.81. The quantitative estimate of drug-likeness (QED) is 0.474. The highest BCUT2D eigenvalue weighted by Gasteiger charge is 2.07. The van der Waals surface area contributed by atoms with Crippen LogP contribution in [0.5, 0.6) is 5.75 Å². The van der Waals surface area contributed by atoms with Crippen LogP contribution in [-0.2, 0) is 4.79 Å². The summed E-state index contributed by atoms with van der Waals surface area (Å²) in [4.78, 5) is 15.2. The summed E-state index contributed by atoms with van der Waals surface area (Å²) in [6, 6.07) is 13.0. The number of para-hydroxylation sites is 1. The Labute approximate surface area is 158 Å². The number of ether oxygens (including phenoxy) is 1. The molecule has 2 aromatic carbocycles. The van der Waals surface area contributed by atoms with Crippen LogP contribution in [0.25, 0.3) is 10.9 Å². The third-order valence-electron chi connectivity index (χ3n) is 3.58. The molecular weight excluding hydrogens is 406 g/mol. The topological polar surface area (TPSA) is 66.5 Å². The summed E-state index contributed by atoms with van der Waals surface area (Å²) < 4.78 is 6.12. The van der Waals surface area contributed by atoms with E-state index in [-0.39, 0.29) is 12.5 Å². The second-order valence-electron chi connectivity index (χ2n) is 5.37. The predicted octanol–water partition coefficient (Wildman–Crippen LogP) is 4.42. The van der Waals surface area contributed by atoms with E-state index in [2.05, 4.69) is 31.4 Å². The Morgan fingerprint density at radius 3 is 2.96 bits per heavy atom. The van der Waals surface area contributed by atoms with Crippen LogP contribution in [0.3, 0.4) is 0 Å². The number of aryl methyl sites for hydroxylation is 1. The van der Waals surface area contributed by atoms with Gasteiger partial charge in [-0.25, -0.2) is 5.43 Å². The number of hydrogen-bond donors (Lipinski definition) is 2. The van der Waals surface area contributed by atoms with Crippen LogP contribution in [-0.4, -0.2) is 23.7 Å². The van der Waals surface area contributed by atoms with Gasteiger partial charge >= 0.3 is 0 Å². The molecule has 0 saturated heterocycles. The van der Waals surface area contributed by atoms with Crippen molar-refractivity contribution in [2.75, 3.05) is 6.61 Å². The first-order chi connectivity index (χ1) is 12.0. The normalized spacial score (nSPS) is 11.2. The molecule has 0 atom stereocenters. The third-order valence-corrected chi connectivity index (χ3v) is 4.43. The van der Waals surface area contributed by atoms with Gasteiger partial charge in [-0.15, -0.1) is 0 Å². The zero-order valence-electron chi connectivity index (χ0n) is 13.3. The van der Waals surface area contributed by atoms with Crippen molar-refractivity contribution in [1.29, 1.82) is 0 Å². The van der Waals surface area contributed by atoms with E-state index in [1.54, 1.807) is 24.4 Å². The molecule has 5 nitrogen and oxygen atoms in total. The van der Waals surface area contributed by atoms with E-state index in [4.69, 9.17) is 16.3 Å². The van der Waals surface area contributed by atoms with Crippen LogP contribution in [0.15, 0.2) is 52.0 Å². The molecule has 0 saturated carbocycles. The minimum absolute atomic E-state index is 0.148. The number of amides is 1. The molecule has 1 heterocycles. The van der Waals surface area contributed by atoms with Crippen molar-refractivity contribution in [3.63, 3.8) is 0 Å². The maximum absolute atomic E-state index is 11.9. The van der Waals surface area contributed by atoms with Gasteiger partial charge in [-0.2, -0.15) is 5.10 Å². The molecular formula is C18H15BrClN3O2. The Bertz CT molecular complexity index is 953. The van der Waals surface area contributed by atoms with Gasteiger partial charge in [0.1, 0.15) is 5.75 Å². The SMILES string of the molecule is Cc1[nH]c2ccccc2c1/C=N\NC(=O)COc1ccc(Cl)cc1Br. The zero-order valence-corrected chi connectivity index (χ0v) is 15.7. The number of benzene rings is 2. The second-order valence-corrected chi connectivity index (χ2v) is 6.66. The highest BCUT2D eigenvalue weighted by Crippen LogP contribution is 2.27. The van der Waals surface area contributed by atoms with E-state index < -0.39 is 0 Å². The van der Waals surface area contributed by atoms with Crippen molar-refractivity contribution < 1.29 is 9.53 Å². The fourth-order valence-corrected chi connectivity index (χ4v) is 3.20. The lowest BCUT2D eigenvalue weighted by Gasteiger charge is -2.07. The minimum Gasteiger partial charge on any atom is -0.483 e. The van der Waals surface area contributed by atoms with Gasteiger partial charge in [0, 0.05) is 27.2 Å². The average molecular weight is 421 g/mol. The Kier molecular flexibility index (Phi) is 5.40. The number of nitrogens with zero attached hydrogens (tertiary/aromatic N) is 1. The summed E-state index contributed by atoms with van der Waals surface area (Å²) in [7, 11) is 0. The first kappa shape index (κ1) is 17.5. The van der Waals surface area contributed by atoms with Crippen LogP contribution < -0.4 is 10.2 Å². The van der Waals surface area contributed by atoms with Gasteiger partial charge in [0.25, 0.3) is 5.91 Å². The molecule has 0 unspecified atom stereocenters. The van der Waals surface area contributed by atoms with E-state index in [0.717, 1.165) is 22.2 Å². The van der Waals surface area contributed by atoms with Crippen LogP contribution in [0.1, 0.15) is 11.3 Å². The zero-order chi connectivity index (χ0) is 17.8. The Hall–Kier alpha value is -2.31. The fraction of sp³-hybridized carbons (Fsp3) is 0.111. The molecule has 128 valence electrons. The average Bonchev–Trinajstić information content (AvgIpc) is 2.90. The first-order valence-corrected chi connectivity index (χ1v) is 8.69. The fourth-order valence-electron chi connectivity index (χ4n) is 2.40. The first-order valence-electron chi connectivity index (χ1n) is 7.51. The smallest absolute Gasteiger partial charge is 0.277 e. The molecule has 3 aromatic rings. The molecule has 2 N–H and O–H groups in total. The van der Waals surface area contributed by atoms with E-state index >= 15 is 0 Å². The summed E-state index contributed by atoms with van der Waals surface area (Å²) in [5.41, 5.74) is 5.42. The lowest BCUT2D eigenvalue weighted by molar-refractivity contribution is -0.123. The van der Waals surface area contributed by atoms with Gasteiger partial charge in [-0.3, -0.25) is 4.79 Å². The van der Waals surface area contributed by atoms with Gasteiger partial charge in [0.15, 0.2) is 6.61 Å². The largest absolute Gasteiger partial charge is 0.483 e. The lowest BCUT2D eigenvalue weighted by atomic mass is 10.1. The van der Waals surface area contributed by atoms with Crippen LogP contribution in [0.2, 0.25) is 5.02 Å². The number of halogens is 2. The van der Waals surface area contributed by atoms with Crippen molar-refractivity contribution in [3.05, 3.63) is 63.2 Å². The molecule has 1 aromatic heterocycles. The van der Waals surface area contributed by atoms with Crippen LogP contribution >= 0.6 is 27.5 Å². The molecule has 0 bridgehead atoms. The van der Waals surface area contributed by atoms with Crippen LogP contribution in [0.4, 0.5) is 0 Å². The van der Waals surface area contributed by atoms with Gasteiger partial charge in [0.05, 0.1) is 10.7 Å². The number of aromatic nitrogens is 1.